The second kappa shape index (κ2) is 6.55. The molecule has 1 saturated heterocycles. The Morgan fingerprint density at radius 3 is 2.56 bits per heavy atom. The first-order valence-corrected chi connectivity index (χ1v) is 7.39. The zero-order valence-corrected chi connectivity index (χ0v) is 12.8. The van der Waals surface area contributed by atoms with Gasteiger partial charge in [0.25, 0.3) is 0 Å². The smallest absolute Gasteiger partial charge is 0.241 e. The van der Waals surface area contributed by atoms with E-state index in [1.807, 2.05) is 4.90 Å². The lowest BCUT2D eigenvalue weighted by Crippen LogP contribution is -2.38. The van der Waals surface area contributed by atoms with E-state index < -0.39 is 0 Å². The average molecular weight is 254 g/mol. The molecule has 1 unspecified atom stereocenters. The van der Waals surface area contributed by atoms with Crippen LogP contribution in [0.4, 0.5) is 0 Å². The summed E-state index contributed by atoms with van der Waals surface area (Å²) in [5.74, 6) is 0.666. The summed E-state index contributed by atoms with van der Waals surface area (Å²) < 4.78 is 0. The van der Waals surface area contributed by atoms with Gasteiger partial charge in [-0.25, -0.2) is 0 Å². The summed E-state index contributed by atoms with van der Waals surface area (Å²) in [6, 6.07) is 0.0245. The molecule has 0 aromatic rings. The molecule has 1 aliphatic heterocycles. The van der Waals surface area contributed by atoms with Crippen molar-refractivity contribution in [2.75, 3.05) is 13.2 Å². The largest absolute Gasteiger partial charge is 0.328 e. The molecule has 0 aromatic carbocycles. The van der Waals surface area contributed by atoms with Crippen LogP contribution < -0.4 is 5.32 Å². The molecule has 18 heavy (non-hydrogen) atoms. The lowest BCUT2D eigenvalue weighted by atomic mass is 9.86. The molecule has 0 saturated carbocycles. The van der Waals surface area contributed by atoms with Crippen LogP contribution in [0.25, 0.3) is 0 Å². The van der Waals surface area contributed by atoms with E-state index in [1.54, 1.807) is 0 Å². The van der Waals surface area contributed by atoms with Crippen molar-refractivity contribution in [3.8, 4) is 0 Å². The van der Waals surface area contributed by atoms with E-state index in [9.17, 15) is 4.79 Å². The molecule has 3 nitrogen and oxygen atoms in total. The van der Waals surface area contributed by atoms with Crippen LogP contribution in [0.5, 0.6) is 0 Å². The Morgan fingerprint density at radius 1 is 1.39 bits per heavy atom. The minimum absolute atomic E-state index is 0.0245. The van der Waals surface area contributed by atoms with E-state index in [0.29, 0.717) is 5.92 Å². The van der Waals surface area contributed by atoms with Crippen LogP contribution in [0.2, 0.25) is 0 Å². The van der Waals surface area contributed by atoms with E-state index in [2.05, 4.69) is 39.9 Å². The van der Waals surface area contributed by atoms with E-state index in [1.165, 1.54) is 25.7 Å². The molecule has 106 valence electrons. The summed E-state index contributed by atoms with van der Waals surface area (Å²) in [5.41, 5.74) is 0.235. The Balaban J connectivity index is 2.45. The van der Waals surface area contributed by atoms with Crippen molar-refractivity contribution in [2.45, 2.75) is 66.3 Å². The Bertz CT molecular complexity index is 274. The van der Waals surface area contributed by atoms with Gasteiger partial charge < -0.3 is 4.90 Å². The van der Waals surface area contributed by atoms with Crippen molar-refractivity contribution in [3.05, 3.63) is 0 Å². The predicted octanol–water partition coefficient (Wildman–Crippen LogP) is 3.01. The van der Waals surface area contributed by atoms with Gasteiger partial charge in [0.15, 0.2) is 0 Å². The monoisotopic (exact) mass is 254 g/mol. The van der Waals surface area contributed by atoms with Crippen LogP contribution in [0.1, 0.15) is 60.3 Å². The fraction of sp³-hybridized carbons (Fsp3) is 0.933. The molecule has 0 spiro atoms. The van der Waals surface area contributed by atoms with Gasteiger partial charge in [-0.1, -0.05) is 53.9 Å². The van der Waals surface area contributed by atoms with Gasteiger partial charge in [0.1, 0.15) is 0 Å². The zero-order chi connectivity index (χ0) is 13.8. The summed E-state index contributed by atoms with van der Waals surface area (Å²) in [6.45, 7) is 12.6. The quantitative estimate of drug-likeness (QED) is 0.708. The summed E-state index contributed by atoms with van der Waals surface area (Å²) in [5, 5.41) is 3.32. The van der Waals surface area contributed by atoms with Gasteiger partial charge in [-0.05, 0) is 17.8 Å². The van der Waals surface area contributed by atoms with Crippen molar-refractivity contribution in [1.29, 1.82) is 0 Å². The standard InChI is InChI=1S/C15H30N2O/c1-6-7-8-9-15(4,5)10-17-11-16-13(12(2)3)14(17)18/h12-13,16H,6-11H2,1-5H3. The summed E-state index contributed by atoms with van der Waals surface area (Å²) in [6.07, 6.45) is 5.03. The third-order valence-electron chi connectivity index (χ3n) is 3.82. The molecule has 1 heterocycles. The highest BCUT2D eigenvalue weighted by Crippen LogP contribution is 2.26. The van der Waals surface area contributed by atoms with Crippen LogP contribution in [0, 0.1) is 11.3 Å². The molecule has 1 rings (SSSR count). The number of unbranched alkanes of at least 4 members (excludes halogenated alkanes) is 2. The lowest BCUT2D eigenvalue weighted by Gasteiger charge is -2.30. The number of amides is 1. The van der Waals surface area contributed by atoms with Crippen LogP contribution in [-0.2, 0) is 4.79 Å². The molecular formula is C15H30N2O. The highest BCUT2D eigenvalue weighted by molar-refractivity contribution is 5.84. The number of nitrogens with one attached hydrogen (secondary N) is 1. The summed E-state index contributed by atoms with van der Waals surface area (Å²) in [7, 11) is 0. The normalized spacial score (nSPS) is 21.1. The molecule has 1 amide bonds. The van der Waals surface area contributed by atoms with Gasteiger partial charge in [0.05, 0.1) is 12.7 Å². The van der Waals surface area contributed by atoms with E-state index >= 15 is 0 Å². The first kappa shape index (κ1) is 15.5. The van der Waals surface area contributed by atoms with Crippen molar-refractivity contribution in [1.82, 2.24) is 10.2 Å². The third kappa shape index (κ3) is 4.27. The second-order valence-corrected chi connectivity index (χ2v) is 6.74. The molecule has 3 heteroatoms. The lowest BCUT2D eigenvalue weighted by molar-refractivity contribution is -0.130. The Labute approximate surface area is 112 Å². The van der Waals surface area contributed by atoms with Gasteiger partial charge in [-0.3, -0.25) is 10.1 Å². The summed E-state index contributed by atoms with van der Waals surface area (Å²) >= 11 is 0. The van der Waals surface area contributed by atoms with Gasteiger partial charge >= 0.3 is 0 Å². The third-order valence-corrected chi connectivity index (χ3v) is 3.82. The summed E-state index contributed by atoms with van der Waals surface area (Å²) in [4.78, 5) is 14.2. The molecule has 1 atom stereocenters. The fourth-order valence-corrected chi connectivity index (χ4v) is 2.67. The molecular weight excluding hydrogens is 224 g/mol. The fourth-order valence-electron chi connectivity index (χ4n) is 2.67. The van der Waals surface area contributed by atoms with E-state index in [-0.39, 0.29) is 17.4 Å². The number of carbonyl (C=O) groups excluding carboxylic acids is 1. The first-order chi connectivity index (χ1) is 8.37. The van der Waals surface area contributed by atoms with Crippen molar-refractivity contribution in [2.24, 2.45) is 11.3 Å². The molecule has 0 radical (unpaired) electrons. The maximum atomic E-state index is 12.2. The Kier molecular flexibility index (Phi) is 5.64. The number of hydrogen-bond donors (Lipinski definition) is 1. The van der Waals surface area contributed by atoms with Crippen LogP contribution in [0.3, 0.4) is 0 Å². The van der Waals surface area contributed by atoms with Gasteiger partial charge in [-0.2, -0.15) is 0 Å². The highest BCUT2D eigenvalue weighted by Gasteiger charge is 2.35. The maximum Gasteiger partial charge on any atom is 0.241 e. The van der Waals surface area contributed by atoms with Crippen LogP contribution in [-0.4, -0.2) is 30.1 Å². The molecule has 0 aliphatic carbocycles. The minimum atomic E-state index is 0.0245. The Morgan fingerprint density at radius 2 is 2.06 bits per heavy atom. The molecule has 0 aromatic heterocycles. The van der Waals surface area contributed by atoms with Gasteiger partial charge in [0, 0.05) is 6.54 Å². The molecule has 0 bridgehead atoms. The van der Waals surface area contributed by atoms with Crippen molar-refractivity contribution >= 4 is 5.91 Å². The zero-order valence-electron chi connectivity index (χ0n) is 12.8. The van der Waals surface area contributed by atoms with E-state index in [4.69, 9.17) is 0 Å². The SMILES string of the molecule is CCCCCC(C)(C)CN1CNC(C(C)C)C1=O. The van der Waals surface area contributed by atoms with Crippen LogP contribution in [0.15, 0.2) is 0 Å². The first-order valence-electron chi connectivity index (χ1n) is 7.39. The molecule has 1 aliphatic rings. The number of nitrogens with zero attached hydrogens (tertiary/aromatic N) is 1. The van der Waals surface area contributed by atoms with E-state index in [0.717, 1.165) is 13.2 Å². The minimum Gasteiger partial charge on any atom is -0.328 e. The van der Waals surface area contributed by atoms with Crippen molar-refractivity contribution in [3.63, 3.8) is 0 Å². The second-order valence-electron chi connectivity index (χ2n) is 6.74. The van der Waals surface area contributed by atoms with Gasteiger partial charge in [-0.15, -0.1) is 0 Å². The molecule has 1 fully saturated rings. The van der Waals surface area contributed by atoms with Crippen molar-refractivity contribution < 1.29 is 4.79 Å². The highest BCUT2D eigenvalue weighted by atomic mass is 16.2. The Hall–Kier alpha value is -0.570. The maximum absolute atomic E-state index is 12.2. The topological polar surface area (TPSA) is 32.3 Å². The van der Waals surface area contributed by atoms with Gasteiger partial charge in [0.2, 0.25) is 5.91 Å². The van der Waals surface area contributed by atoms with Crippen LogP contribution >= 0.6 is 0 Å². The number of hydrogen-bond acceptors (Lipinski definition) is 2. The number of carbonyl (C=O) groups is 1. The number of rotatable bonds is 7. The molecule has 1 N–H and O–H groups in total. The average Bonchev–Trinajstić information content (AvgIpc) is 2.60. The predicted molar refractivity (Wildman–Crippen MR) is 76.3 cm³/mol.